The summed E-state index contributed by atoms with van der Waals surface area (Å²) in [4.78, 5) is 21.7. The molecule has 1 heterocycles. The summed E-state index contributed by atoms with van der Waals surface area (Å²) in [6.07, 6.45) is -0.389. The van der Waals surface area contributed by atoms with Crippen molar-refractivity contribution in [3.8, 4) is 0 Å². The summed E-state index contributed by atoms with van der Waals surface area (Å²) in [5, 5.41) is 8.71. The highest BCUT2D eigenvalue weighted by molar-refractivity contribution is 7.08. The average molecular weight is 234 g/mol. The van der Waals surface area contributed by atoms with Gasteiger partial charge in [0.1, 0.15) is 5.92 Å². The molecule has 1 unspecified atom stereocenters. The average Bonchev–Trinajstić information content (AvgIpc) is 2.48. The van der Waals surface area contributed by atoms with Gasteiger partial charge in [-0.25, -0.2) is 4.39 Å². The van der Waals surface area contributed by atoms with Crippen molar-refractivity contribution in [1.82, 2.24) is 0 Å². The standard InChI is InChI=1S/C9H8F2O3S/c1-4(9(13)14)6(12)2-5-3-15-8(11)7(5)10/h3-4H,2H2,1H3,(H,13,14). The molecule has 0 amide bonds. The highest BCUT2D eigenvalue weighted by Gasteiger charge is 2.23. The molecule has 15 heavy (non-hydrogen) atoms. The Hall–Kier alpha value is -1.30. The molecule has 1 rings (SSSR count). The van der Waals surface area contributed by atoms with E-state index in [1.165, 1.54) is 12.3 Å². The van der Waals surface area contributed by atoms with Crippen LogP contribution in [0.3, 0.4) is 0 Å². The van der Waals surface area contributed by atoms with E-state index in [1.54, 1.807) is 0 Å². The summed E-state index contributed by atoms with van der Waals surface area (Å²) in [5.74, 6) is -4.17. The van der Waals surface area contributed by atoms with E-state index in [-0.39, 0.29) is 12.0 Å². The lowest BCUT2D eigenvalue weighted by Gasteiger charge is -2.03. The second-order valence-electron chi connectivity index (χ2n) is 3.05. The Morgan fingerprint density at radius 2 is 2.13 bits per heavy atom. The van der Waals surface area contributed by atoms with E-state index in [4.69, 9.17) is 5.11 Å². The molecule has 0 fully saturated rings. The van der Waals surface area contributed by atoms with Gasteiger partial charge in [0.2, 0.25) is 5.13 Å². The first-order valence-electron chi connectivity index (χ1n) is 4.10. The lowest BCUT2D eigenvalue weighted by Crippen LogP contribution is -2.22. The van der Waals surface area contributed by atoms with Gasteiger partial charge in [0.15, 0.2) is 11.6 Å². The summed E-state index contributed by atoms with van der Waals surface area (Å²) in [6.45, 7) is 1.21. The monoisotopic (exact) mass is 234 g/mol. The van der Waals surface area contributed by atoms with Crippen LogP contribution < -0.4 is 0 Å². The van der Waals surface area contributed by atoms with Crippen molar-refractivity contribution in [2.45, 2.75) is 13.3 Å². The predicted molar refractivity (Wildman–Crippen MR) is 49.7 cm³/mol. The second-order valence-corrected chi connectivity index (χ2v) is 3.88. The molecule has 0 aliphatic heterocycles. The summed E-state index contributed by atoms with van der Waals surface area (Å²) < 4.78 is 25.5. The van der Waals surface area contributed by atoms with E-state index in [1.807, 2.05) is 0 Å². The molecule has 1 N–H and O–H groups in total. The van der Waals surface area contributed by atoms with E-state index in [0.29, 0.717) is 11.3 Å². The molecule has 1 aromatic rings. The van der Waals surface area contributed by atoms with Crippen LogP contribution in [0.15, 0.2) is 5.38 Å². The number of halogens is 2. The third-order valence-electron chi connectivity index (χ3n) is 1.98. The van der Waals surface area contributed by atoms with E-state index >= 15 is 0 Å². The first-order chi connectivity index (χ1) is 6.93. The number of aliphatic carboxylic acids is 1. The molecule has 0 aromatic carbocycles. The number of ketones is 1. The summed E-state index contributed by atoms with van der Waals surface area (Å²) >= 11 is 0.552. The molecule has 0 radical (unpaired) electrons. The summed E-state index contributed by atoms with van der Waals surface area (Å²) in [5.41, 5.74) is -0.0874. The normalized spacial score (nSPS) is 12.5. The number of carboxylic acid groups (broad SMARTS) is 1. The SMILES string of the molecule is CC(C(=O)O)C(=O)Cc1csc(F)c1F. The molecular formula is C9H8F2O3S. The zero-order valence-corrected chi connectivity index (χ0v) is 8.61. The van der Waals surface area contributed by atoms with Crippen LogP contribution in [0.4, 0.5) is 8.78 Å². The third-order valence-corrected chi connectivity index (χ3v) is 2.77. The molecule has 0 saturated carbocycles. The van der Waals surface area contributed by atoms with Gasteiger partial charge >= 0.3 is 5.97 Å². The predicted octanol–water partition coefficient (Wildman–Crippen LogP) is 1.86. The fourth-order valence-electron chi connectivity index (χ4n) is 0.950. The van der Waals surface area contributed by atoms with Crippen LogP contribution in [0.25, 0.3) is 0 Å². The first-order valence-corrected chi connectivity index (χ1v) is 4.98. The number of hydrogen-bond donors (Lipinski definition) is 1. The molecule has 0 bridgehead atoms. The van der Waals surface area contributed by atoms with Gasteiger partial charge < -0.3 is 5.11 Å². The molecule has 1 atom stereocenters. The Morgan fingerprint density at radius 1 is 1.53 bits per heavy atom. The minimum absolute atomic E-state index is 0.0874. The van der Waals surface area contributed by atoms with E-state index < -0.39 is 28.6 Å². The zero-order valence-electron chi connectivity index (χ0n) is 7.79. The van der Waals surface area contributed by atoms with Crippen molar-refractivity contribution in [2.75, 3.05) is 0 Å². The van der Waals surface area contributed by atoms with Gasteiger partial charge in [-0.1, -0.05) is 0 Å². The molecule has 1 aromatic heterocycles. The lowest BCUT2D eigenvalue weighted by molar-refractivity contribution is -0.145. The Morgan fingerprint density at radius 3 is 2.53 bits per heavy atom. The van der Waals surface area contributed by atoms with Crippen molar-refractivity contribution in [3.63, 3.8) is 0 Å². The smallest absolute Gasteiger partial charge is 0.313 e. The largest absolute Gasteiger partial charge is 0.481 e. The molecular weight excluding hydrogens is 226 g/mol. The maximum Gasteiger partial charge on any atom is 0.313 e. The van der Waals surface area contributed by atoms with Crippen LogP contribution in [-0.4, -0.2) is 16.9 Å². The lowest BCUT2D eigenvalue weighted by atomic mass is 10.0. The highest BCUT2D eigenvalue weighted by atomic mass is 32.1. The number of thiophene rings is 1. The number of Topliss-reactive ketones (excluding diaryl/α,β-unsaturated/α-hetero) is 1. The fourth-order valence-corrected chi connectivity index (χ4v) is 1.62. The Kier molecular flexibility index (Phi) is 3.52. The number of rotatable bonds is 4. The molecule has 82 valence electrons. The van der Waals surface area contributed by atoms with Crippen molar-refractivity contribution < 1.29 is 23.5 Å². The van der Waals surface area contributed by atoms with Gasteiger partial charge in [-0.15, -0.1) is 11.3 Å². The molecule has 0 saturated heterocycles. The van der Waals surface area contributed by atoms with E-state index in [0.717, 1.165) is 0 Å². The number of carboxylic acids is 1. The van der Waals surface area contributed by atoms with Crippen LogP contribution in [0.2, 0.25) is 0 Å². The van der Waals surface area contributed by atoms with Crippen LogP contribution in [0.1, 0.15) is 12.5 Å². The molecule has 0 spiro atoms. The van der Waals surface area contributed by atoms with Crippen LogP contribution in [0, 0.1) is 16.9 Å². The van der Waals surface area contributed by atoms with Gasteiger partial charge in [0.05, 0.1) is 0 Å². The van der Waals surface area contributed by atoms with Crippen molar-refractivity contribution in [3.05, 3.63) is 21.9 Å². The van der Waals surface area contributed by atoms with Crippen LogP contribution in [-0.2, 0) is 16.0 Å². The Bertz CT molecular complexity index is 400. The Labute approximate surface area is 88.3 Å². The van der Waals surface area contributed by atoms with Crippen molar-refractivity contribution in [2.24, 2.45) is 5.92 Å². The Balaban J connectivity index is 2.75. The first kappa shape index (κ1) is 11.8. The summed E-state index contributed by atoms with van der Waals surface area (Å²) in [6, 6.07) is 0. The molecule has 3 nitrogen and oxygen atoms in total. The highest BCUT2D eigenvalue weighted by Crippen LogP contribution is 2.20. The van der Waals surface area contributed by atoms with Crippen molar-refractivity contribution in [1.29, 1.82) is 0 Å². The molecule has 6 heteroatoms. The topological polar surface area (TPSA) is 54.4 Å². The van der Waals surface area contributed by atoms with Crippen LogP contribution in [0.5, 0.6) is 0 Å². The van der Waals surface area contributed by atoms with Gasteiger partial charge in [-0.05, 0) is 6.92 Å². The number of carbonyl (C=O) groups excluding carboxylic acids is 1. The molecule has 0 aliphatic carbocycles. The number of carbonyl (C=O) groups is 2. The number of hydrogen-bond acceptors (Lipinski definition) is 3. The summed E-state index contributed by atoms with van der Waals surface area (Å²) in [7, 11) is 0. The van der Waals surface area contributed by atoms with Gasteiger partial charge in [0.25, 0.3) is 0 Å². The maximum absolute atomic E-state index is 12.9. The van der Waals surface area contributed by atoms with Gasteiger partial charge in [0, 0.05) is 17.4 Å². The van der Waals surface area contributed by atoms with Gasteiger partial charge in [-0.3, -0.25) is 9.59 Å². The quantitative estimate of drug-likeness (QED) is 0.809. The van der Waals surface area contributed by atoms with Crippen molar-refractivity contribution >= 4 is 23.1 Å². The second kappa shape index (κ2) is 4.48. The van der Waals surface area contributed by atoms with Crippen LogP contribution >= 0.6 is 11.3 Å². The van der Waals surface area contributed by atoms with Gasteiger partial charge in [-0.2, -0.15) is 4.39 Å². The minimum Gasteiger partial charge on any atom is -0.481 e. The third kappa shape index (κ3) is 2.59. The van der Waals surface area contributed by atoms with E-state index in [2.05, 4.69) is 0 Å². The molecule has 0 aliphatic rings. The minimum atomic E-state index is -1.27. The fraction of sp³-hybridized carbons (Fsp3) is 0.333. The zero-order chi connectivity index (χ0) is 11.6. The van der Waals surface area contributed by atoms with E-state index in [9.17, 15) is 18.4 Å². The maximum atomic E-state index is 12.9.